The summed E-state index contributed by atoms with van der Waals surface area (Å²) in [7, 11) is 1.58. The van der Waals surface area contributed by atoms with Crippen LogP contribution < -0.4 is 21.7 Å². The summed E-state index contributed by atoms with van der Waals surface area (Å²) in [6.45, 7) is 0.553. The molecule has 0 spiro atoms. The summed E-state index contributed by atoms with van der Waals surface area (Å²) in [6.07, 6.45) is 2.23. The number of carboxylic acids is 2. The van der Waals surface area contributed by atoms with Crippen LogP contribution in [0.4, 0.5) is 0 Å². The number of nitrogens with one attached hydrogen (secondary N) is 1. The van der Waals surface area contributed by atoms with E-state index in [2.05, 4.69) is 0 Å². The Hall–Kier alpha value is -2.20. The van der Waals surface area contributed by atoms with Crippen molar-refractivity contribution in [1.29, 1.82) is 0 Å². The predicted molar refractivity (Wildman–Crippen MR) is 91.6 cm³/mol. The second kappa shape index (κ2) is 13.1. The molecule has 1 aromatic carbocycles. The first kappa shape index (κ1) is 22.8. The van der Waals surface area contributed by atoms with E-state index in [1.54, 1.807) is 24.7 Å². The van der Waals surface area contributed by atoms with E-state index in [9.17, 15) is 9.59 Å². The maximum atomic E-state index is 10.5. The predicted octanol–water partition coefficient (Wildman–Crippen LogP) is 0.197. The third-order valence-electron chi connectivity index (χ3n) is 3.33. The number of carboxylic acid groups (broad SMARTS) is 2. The molecular formula is C16H27N3O6. The molecule has 9 nitrogen and oxygen atoms in total. The molecule has 8 N–H and O–H groups in total. The van der Waals surface area contributed by atoms with Crippen molar-refractivity contribution in [1.82, 2.24) is 5.48 Å². The van der Waals surface area contributed by atoms with Gasteiger partial charge in [-0.05, 0) is 49.9 Å². The average Bonchev–Trinajstić information content (AvgIpc) is 2.59. The molecule has 2 atom stereocenters. The third kappa shape index (κ3) is 10.3. The Morgan fingerprint density at radius 1 is 1.16 bits per heavy atom. The highest BCUT2D eigenvalue weighted by molar-refractivity contribution is 5.73. The molecule has 0 heterocycles. The van der Waals surface area contributed by atoms with E-state index < -0.39 is 24.0 Å². The van der Waals surface area contributed by atoms with E-state index in [1.165, 1.54) is 0 Å². The second-order valence-corrected chi connectivity index (χ2v) is 5.30. The molecule has 0 saturated carbocycles. The topological polar surface area (TPSA) is 168 Å². The van der Waals surface area contributed by atoms with Gasteiger partial charge in [0.15, 0.2) is 0 Å². The van der Waals surface area contributed by atoms with E-state index in [1.807, 2.05) is 12.1 Å². The zero-order valence-electron chi connectivity index (χ0n) is 14.2. The lowest BCUT2D eigenvalue weighted by Crippen LogP contribution is -2.34. The number of hydrogen-bond donors (Lipinski definition) is 6. The molecule has 0 aliphatic carbocycles. The lowest BCUT2D eigenvalue weighted by molar-refractivity contribution is -0.142. The Labute approximate surface area is 146 Å². The van der Waals surface area contributed by atoms with Crippen LogP contribution in [-0.4, -0.2) is 53.1 Å². The maximum Gasteiger partial charge on any atom is 0.323 e. The number of hydrogen-bond acceptors (Lipinski definition) is 7. The summed E-state index contributed by atoms with van der Waals surface area (Å²) >= 11 is 0. The molecule has 1 rings (SSSR count). The number of methoxy groups -OCH3 is 1. The number of unbranched alkanes of at least 4 members (excludes halogenated alkanes) is 1. The number of rotatable bonds is 10. The molecule has 1 aromatic rings. The summed E-state index contributed by atoms with van der Waals surface area (Å²) in [5, 5.41) is 25.3. The van der Waals surface area contributed by atoms with E-state index in [4.69, 9.17) is 31.6 Å². The molecule has 0 aliphatic heterocycles. The van der Waals surface area contributed by atoms with Gasteiger partial charge in [-0.25, -0.2) is 0 Å². The molecule has 0 aliphatic rings. The molecule has 25 heavy (non-hydrogen) atoms. The fourth-order valence-electron chi connectivity index (χ4n) is 1.84. The van der Waals surface area contributed by atoms with Gasteiger partial charge in [0, 0.05) is 0 Å². The van der Waals surface area contributed by atoms with Gasteiger partial charge in [0.1, 0.15) is 17.8 Å². The minimum absolute atomic E-state index is 0.333. The first-order valence-electron chi connectivity index (χ1n) is 7.79. The fraction of sp³-hybridized carbons (Fsp3) is 0.500. The van der Waals surface area contributed by atoms with E-state index in [-0.39, 0.29) is 0 Å². The van der Waals surface area contributed by atoms with Crippen molar-refractivity contribution < 1.29 is 29.7 Å². The zero-order valence-corrected chi connectivity index (χ0v) is 14.2. The molecular weight excluding hydrogens is 330 g/mol. The Morgan fingerprint density at radius 3 is 2.16 bits per heavy atom. The van der Waals surface area contributed by atoms with Crippen molar-refractivity contribution >= 4 is 11.9 Å². The lowest BCUT2D eigenvalue weighted by atomic mass is 10.1. The highest BCUT2D eigenvalue weighted by Gasteiger charge is 2.14. The zero-order chi connectivity index (χ0) is 19.2. The monoisotopic (exact) mass is 357 g/mol. The summed E-state index contributed by atoms with van der Waals surface area (Å²) in [4.78, 5) is 20.7. The quantitative estimate of drug-likeness (QED) is 0.253. The van der Waals surface area contributed by atoms with Crippen LogP contribution in [-0.2, 0) is 16.0 Å². The minimum Gasteiger partial charge on any atom is -0.497 e. The summed E-state index contributed by atoms with van der Waals surface area (Å²) < 4.78 is 4.97. The number of hydroxylamine groups is 1. The number of benzene rings is 1. The molecule has 0 bridgehead atoms. The average molecular weight is 357 g/mol. The summed E-state index contributed by atoms with van der Waals surface area (Å²) in [5.74, 6) is -1.28. The van der Waals surface area contributed by atoms with E-state index in [0.717, 1.165) is 17.7 Å². The Morgan fingerprint density at radius 2 is 1.76 bits per heavy atom. The molecule has 2 unspecified atom stereocenters. The van der Waals surface area contributed by atoms with Crippen molar-refractivity contribution in [2.75, 3.05) is 13.7 Å². The van der Waals surface area contributed by atoms with Gasteiger partial charge < -0.3 is 31.6 Å². The van der Waals surface area contributed by atoms with Gasteiger partial charge in [0.25, 0.3) is 0 Å². The molecule has 0 aromatic heterocycles. The van der Waals surface area contributed by atoms with Gasteiger partial charge in [-0.3, -0.25) is 9.59 Å². The van der Waals surface area contributed by atoms with Crippen molar-refractivity contribution in [2.45, 2.75) is 37.8 Å². The van der Waals surface area contributed by atoms with Crippen LogP contribution in [0.1, 0.15) is 24.8 Å². The first-order chi connectivity index (χ1) is 11.8. The first-order valence-corrected chi connectivity index (χ1v) is 7.79. The maximum absolute atomic E-state index is 10.5. The Bertz CT molecular complexity index is 509. The Balaban J connectivity index is 0.000000477. The van der Waals surface area contributed by atoms with Gasteiger partial charge in [-0.15, -0.1) is 0 Å². The number of nitrogens with two attached hydrogens (primary N) is 2. The highest BCUT2D eigenvalue weighted by Crippen LogP contribution is 2.12. The van der Waals surface area contributed by atoms with Gasteiger partial charge in [0.05, 0.1) is 7.11 Å². The number of carbonyl (C=O) groups is 2. The largest absolute Gasteiger partial charge is 0.497 e. The van der Waals surface area contributed by atoms with Crippen molar-refractivity contribution in [3.05, 3.63) is 29.8 Å². The van der Waals surface area contributed by atoms with E-state index in [0.29, 0.717) is 25.8 Å². The number of aliphatic carboxylic acids is 2. The van der Waals surface area contributed by atoms with Crippen LogP contribution in [0.15, 0.2) is 24.3 Å². The smallest absolute Gasteiger partial charge is 0.323 e. The van der Waals surface area contributed by atoms with Gasteiger partial charge in [-0.1, -0.05) is 12.1 Å². The van der Waals surface area contributed by atoms with Gasteiger partial charge in [0.2, 0.25) is 0 Å². The van der Waals surface area contributed by atoms with Crippen LogP contribution >= 0.6 is 0 Å². The SMILES string of the molecule is COc1ccc(CC(N)C(=O)O)cc1.NCCCCC(NO)C(=O)O. The number of ether oxygens (including phenoxy) is 1. The van der Waals surface area contributed by atoms with Crippen LogP contribution in [0.5, 0.6) is 5.75 Å². The van der Waals surface area contributed by atoms with Crippen molar-refractivity contribution in [2.24, 2.45) is 11.5 Å². The van der Waals surface area contributed by atoms with Crippen LogP contribution in [0, 0.1) is 0 Å². The third-order valence-corrected chi connectivity index (χ3v) is 3.33. The van der Waals surface area contributed by atoms with Gasteiger partial charge >= 0.3 is 11.9 Å². The second-order valence-electron chi connectivity index (χ2n) is 5.30. The molecule has 0 amide bonds. The van der Waals surface area contributed by atoms with Crippen molar-refractivity contribution in [3.63, 3.8) is 0 Å². The summed E-state index contributed by atoms with van der Waals surface area (Å²) in [6, 6.07) is 5.47. The standard InChI is InChI=1S/C10H13NO3.C6H14N2O3/c1-14-8-4-2-7(3-5-8)6-9(11)10(12)13;7-4-2-1-3-5(8-11)6(9)10/h2-5,9H,6,11H2,1H3,(H,12,13);5,8,11H,1-4,7H2,(H,9,10). The highest BCUT2D eigenvalue weighted by atomic mass is 16.5. The fourth-order valence-corrected chi connectivity index (χ4v) is 1.84. The molecule has 142 valence electrons. The molecule has 0 radical (unpaired) electrons. The minimum atomic E-state index is -1.04. The van der Waals surface area contributed by atoms with Crippen LogP contribution in [0.2, 0.25) is 0 Å². The van der Waals surface area contributed by atoms with Crippen molar-refractivity contribution in [3.8, 4) is 5.75 Å². The molecule has 0 saturated heterocycles. The lowest BCUT2D eigenvalue weighted by Gasteiger charge is -2.08. The van der Waals surface area contributed by atoms with Gasteiger partial charge in [-0.2, -0.15) is 5.48 Å². The molecule has 9 heteroatoms. The Kier molecular flexibility index (Phi) is 12.0. The normalized spacial score (nSPS) is 12.5. The molecule has 0 fully saturated rings. The van der Waals surface area contributed by atoms with E-state index >= 15 is 0 Å². The summed E-state index contributed by atoms with van der Waals surface area (Å²) in [5.41, 5.74) is 13.2. The van der Waals surface area contributed by atoms with Crippen LogP contribution in [0.3, 0.4) is 0 Å². The van der Waals surface area contributed by atoms with Crippen LogP contribution in [0.25, 0.3) is 0 Å².